The van der Waals surface area contributed by atoms with Crippen LogP contribution in [0.1, 0.15) is 0 Å². The van der Waals surface area contributed by atoms with E-state index in [1.165, 1.54) is 49.4 Å². The summed E-state index contributed by atoms with van der Waals surface area (Å²) in [6, 6.07) is 73.1. The highest BCUT2D eigenvalue weighted by Crippen LogP contribution is 2.38. The molecule has 0 aliphatic carbocycles. The summed E-state index contributed by atoms with van der Waals surface area (Å²) in [5.41, 5.74) is 11.1. The van der Waals surface area contributed by atoms with E-state index in [-0.39, 0.29) is 0 Å². The summed E-state index contributed by atoms with van der Waals surface area (Å²) < 4.78 is 2.40. The van der Waals surface area contributed by atoms with Crippen molar-refractivity contribution in [3.05, 3.63) is 206 Å². The lowest BCUT2D eigenvalue weighted by molar-refractivity contribution is 1.07. The molecule has 57 heavy (non-hydrogen) atoms. The van der Waals surface area contributed by atoms with Crippen molar-refractivity contribution in [3.63, 3.8) is 0 Å². The second kappa shape index (κ2) is 13.6. The van der Waals surface area contributed by atoms with Crippen molar-refractivity contribution in [3.8, 4) is 62.1 Å². The van der Waals surface area contributed by atoms with E-state index in [2.05, 4.69) is 180 Å². The maximum atomic E-state index is 5.07. The van der Waals surface area contributed by atoms with Crippen molar-refractivity contribution in [1.82, 2.24) is 19.5 Å². The molecule has 0 atom stereocenters. The van der Waals surface area contributed by atoms with Gasteiger partial charge in [0.05, 0.1) is 11.0 Å². The van der Waals surface area contributed by atoms with Gasteiger partial charge < -0.3 is 4.57 Å². The van der Waals surface area contributed by atoms with E-state index >= 15 is 0 Å². The maximum Gasteiger partial charge on any atom is 0.164 e. The normalized spacial score (nSPS) is 11.5. The largest absolute Gasteiger partial charge is 0.309 e. The van der Waals surface area contributed by atoms with Gasteiger partial charge in [-0.05, 0) is 92.3 Å². The molecule has 0 aliphatic rings. The molecule has 4 heteroatoms. The molecule has 11 rings (SSSR count). The number of benzene rings is 9. The maximum absolute atomic E-state index is 5.07. The molecule has 0 spiro atoms. The Balaban J connectivity index is 1.04. The molecular formula is C53H34N4. The standard InChI is InChI=1S/C53H34N4/c1-4-12-35(13-5-1)42-25-28-49-47(33-42)48-34-43(36-14-6-2-7-15-36)26-29-50(48)57(49)46-27-24-40-31-45(23-21-41(40)32-46)53-55-51(38-17-8-3-9-18-38)54-52(56-53)44-22-20-37-16-10-11-19-39(37)30-44/h1-34H. The average molecular weight is 727 g/mol. The first-order chi connectivity index (χ1) is 28.2. The molecule has 2 aromatic heterocycles. The summed E-state index contributed by atoms with van der Waals surface area (Å²) in [6.07, 6.45) is 0. The average Bonchev–Trinajstić information content (AvgIpc) is 3.62. The van der Waals surface area contributed by atoms with Crippen LogP contribution in [0.4, 0.5) is 0 Å². The predicted octanol–water partition coefficient (Wildman–Crippen LogP) is 13.6. The van der Waals surface area contributed by atoms with Crippen LogP contribution in [-0.2, 0) is 0 Å². The SMILES string of the molecule is c1ccc(-c2ccc3c(c2)c2cc(-c4ccccc4)ccc2n3-c2ccc3cc(-c4nc(-c5ccccc5)nc(-c5ccc6ccccc6c5)n4)ccc3c2)cc1. The van der Waals surface area contributed by atoms with Crippen LogP contribution in [0, 0.1) is 0 Å². The molecule has 266 valence electrons. The molecule has 9 aromatic carbocycles. The van der Waals surface area contributed by atoms with Gasteiger partial charge in [0.25, 0.3) is 0 Å². The molecule has 0 bridgehead atoms. The molecule has 11 aromatic rings. The van der Waals surface area contributed by atoms with Crippen LogP contribution in [0.15, 0.2) is 206 Å². The van der Waals surface area contributed by atoms with Gasteiger partial charge in [-0.15, -0.1) is 0 Å². The molecule has 0 fully saturated rings. The molecule has 0 unspecified atom stereocenters. The molecule has 2 heterocycles. The Morgan fingerprint density at radius 3 is 1.23 bits per heavy atom. The van der Waals surface area contributed by atoms with Gasteiger partial charge in [0.15, 0.2) is 17.5 Å². The highest BCUT2D eigenvalue weighted by atomic mass is 15.0. The first kappa shape index (κ1) is 32.7. The second-order valence-electron chi connectivity index (χ2n) is 14.5. The molecule has 0 amide bonds. The van der Waals surface area contributed by atoms with Gasteiger partial charge in [-0.25, -0.2) is 15.0 Å². The smallest absolute Gasteiger partial charge is 0.164 e. The lowest BCUT2D eigenvalue weighted by Gasteiger charge is -2.12. The minimum absolute atomic E-state index is 0.642. The fourth-order valence-corrected chi connectivity index (χ4v) is 8.11. The van der Waals surface area contributed by atoms with E-state index in [1.807, 2.05) is 30.3 Å². The van der Waals surface area contributed by atoms with Crippen molar-refractivity contribution < 1.29 is 0 Å². The van der Waals surface area contributed by atoms with Crippen molar-refractivity contribution in [1.29, 1.82) is 0 Å². The summed E-state index contributed by atoms with van der Waals surface area (Å²) >= 11 is 0. The zero-order valence-corrected chi connectivity index (χ0v) is 30.9. The van der Waals surface area contributed by atoms with Crippen molar-refractivity contribution >= 4 is 43.4 Å². The van der Waals surface area contributed by atoms with Crippen LogP contribution in [-0.4, -0.2) is 19.5 Å². The van der Waals surface area contributed by atoms with Gasteiger partial charge in [-0.3, -0.25) is 0 Å². The third kappa shape index (κ3) is 5.92. The molecule has 4 nitrogen and oxygen atoms in total. The lowest BCUT2D eigenvalue weighted by atomic mass is 10.0. The van der Waals surface area contributed by atoms with Crippen LogP contribution in [0.2, 0.25) is 0 Å². The minimum atomic E-state index is 0.642. The van der Waals surface area contributed by atoms with Crippen LogP contribution in [0.3, 0.4) is 0 Å². The van der Waals surface area contributed by atoms with Crippen LogP contribution >= 0.6 is 0 Å². The molecule has 0 radical (unpaired) electrons. The molecule has 0 saturated heterocycles. The van der Waals surface area contributed by atoms with Crippen molar-refractivity contribution in [2.24, 2.45) is 0 Å². The van der Waals surface area contributed by atoms with Gasteiger partial charge in [-0.2, -0.15) is 0 Å². The van der Waals surface area contributed by atoms with Crippen LogP contribution in [0.25, 0.3) is 105 Å². The van der Waals surface area contributed by atoms with E-state index in [4.69, 9.17) is 15.0 Å². The number of aromatic nitrogens is 4. The predicted molar refractivity (Wildman–Crippen MR) is 236 cm³/mol. The Morgan fingerprint density at radius 1 is 0.263 bits per heavy atom. The third-order valence-electron chi connectivity index (χ3n) is 11.0. The Kier molecular flexibility index (Phi) is 7.78. The monoisotopic (exact) mass is 726 g/mol. The third-order valence-corrected chi connectivity index (χ3v) is 11.0. The van der Waals surface area contributed by atoms with Crippen molar-refractivity contribution in [2.45, 2.75) is 0 Å². The van der Waals surface area contributed by atoms with Crippen molar-refractivity contribution in [2.75, 3.05) is 0 Å². The Bertz CT molecular complexity index is 3180. The summed E-state index contributed by atoms with van der Waals surface area (Å²) in [7, 11) is 0. The van der Waals surface area contributed by atoms with E-state index < -0.39 is 0 Å². The summed E-state index contributed by atoms with van der Waals surface area (Å²) in [5, 5.41) is 7.04. The fourth-order valence-electron chi connectivity index (χ4n) is 8.11. The Labute approximate surface area is 330 Å². The second-order valence-corrected chi connectivity index (χ2v) is 14.5. The highest BCUT2D eigenvalue weighted by molar-refractivity contribution is 6.12. The van der Waals surface area contributed by atoms with Gasteiger partial charge in [0.1, 0.15) is 0 Å². The quantitative estimate of drug-likeness (QED) is 0.171. The van der Waals surface area contributed by atoms with Gasteiger partial charge in [-0.1, -0.05) is 158 Å². The van der Waals surface area contributed by atoms with E-state index in [9.17, 15) is 0 Å². The minimum Gasteiger partial charge on any atom is -0.309 e. The summed E-state index contributed by atoms with van der Waals surface area (Å²) in [4.78, 5) is 15.1. The lowest BCUT2D eigenvalue weighted by Crippen LogP contribution is -2.00. The first-order valence-electron chi connectivity index (χ1n) is 19.3. The molecule has 0 N–H and O–H groups in total. The summed E-state index contributed by atoms with van der Waals surface area (Å²) in [6.45, 7) is 0. The zero-order valence-electron chi connectivity index (χ0n) is 30.9. The Hall–Kier alpha value is -7.69. The topological polar surface area (TPSA) is 43.6 Å². The van der Waals surface area contributed by atoms with Gasteiger partial charge in [0, 0.05) is 33.2 Å². The number of rotatable bonds is 6. The molecule has 0 aliphatic heterocycles. The number of hydrogen-bond donors (Lipinski definition) is 0. The van der Waals surface area contributed by atoms with E-state index in [1.54, 1.807) is 0 Å². The van der Waals surface area contributed by atoms with Crippen LogP contribution < -0.4 is 0 Å². The Morgan fingerprint density at radius 2 is 0.667 bits per heavy atom. The molecular weight excluding hydrogens is 693 g/mol. The summed E-state index contributed by atoms with van der Waals surface area (Å²) in [5.74, 6) is 1.94. The van der Waals surface area contributed by atoms with Crippen LogP contribution in [0.5, 0.6) is 0 Å². The van der Waals surface area contributed by atoms with Gasteiger partial charge in [0.2, 0.25) is 0 Å². The number of fused-ring (bicyclic) bond motifs is 5. The zero-order chi connectivity index (χ0) is 37.7. The number of hydrogen-bond acceptors (Lipinski definition) is 3. The molecule has 0 saturated carbocycles. The van der Waals surface area contributed by atoms with E-state index in [0.717, 1.165) is 38.5 Å². The van der Waals surface area contributed by atoms with E-state index in [0.29, 0.717) is 17.5 Å². The highest BCUT2D eigenvalue weighted by Gasteiger charge is 2.17. The fraction of sp³-hybridized carbons (Fsp3) is 0. The van der Waals surface area contributed by atoms with Gasteiger partial charge >= 0.3 is 0 Å². The first-order valence-corrected chi connectivity index (χ1v) is 19.3. The number of nitrogens with zero attached hydrogens (tertiary/aromatic N) is 4.